The molecule has 0 fully saturated rings. The minimum Gasteiger partial charge on any atom is -0.494 e. The van der Waals surface area contributed by atoms with E-state index in [0.29, 0.717) is 23.6 Å². The van der Waals surface area contributed by atoms with Gasteiger partial charge in [0.2, 0.25) is 5.78 Å². The summed E-state index contributed by atoms with van der Waals surface area (Å²) in [5.41, 5.74) is 3.75. The second kappa shape index (κ2) is 14.3. The Bertz CT molecular complexity index is 1360. The Hall–Kier alpha value is -3.09. The van der Waals surface area contributed by atoms with Gasteiger partial charge in [-0.25, -0.2) is 0 Å². The Morgan fingerprint density at radius 1 is 0.897 bits per heavy atom. The third kappa shape index (κ3) is 6.92. The Balaban J connectivity index is 1.53. The van der Waals surface area contributed by atoms with Crippen LogP contribution in [0.2, 0.25) is 0 Å². The van der Waals surface area contributed by atoms with Crippen LogP contribution in [-0.2, 0) is 0 Å². The zero-order valence-electron chi connectivity index (χ0n) is 23.3. The number of pyridine rings is 1. The van der Waals surface area contributed by atoms with Gasteiger partial charge in [-0.2, -0.15) is 0 Å². The van der Waals surface area contributed by atoms with E-state index in [0.717, 1.165) is 52.9 Å². The Morgan fingerprint density at radius 3 is 2.26 bits per heavy atom. The van der Waals surface area contributed by atoms with Crippen LogP contribution >= 0.6 is 15.9 Å². The van der Waals surface area contributed by atoms with E-state index >= 15 is 0 Å². The monoisotopic (exact) mass is 590 g/mol. The lowest BCUT2D eigenvalue weighted by Gasteiger charge is -2.22. The largest absolute Gasteiger partial charge is 0.494 e. The van der Waals surface area contributed by atoms with E-state index < -0.39 is 0 Å². The van der Waals surface area contributed by atoms with Gasteiger partial charge in [-0.1, -0.05) is 63.1 Å². The first-order valence-electron chi connectivity index (χ1n) is 14.0. The predicted octanol–water partition coefficient (Wildman–Crippen LogP) is 8.28. The molecule has 5 nitrogen and oxygen atoms in total. The van der Waals surface area contributed by atoms with Gasteiger partial charge in [-0.15, -0.1) is 0 Å². The summed E-state index contributed by atoms with van der Waals surface area (Å²) in [6, 6.07) is 21.4. The van der Waals surface area contributed by atoms with Crippen molar-refractivity contribution in [1.82, 2.24) is 9.30 Å². The second-order valence-corrected chi connectivity index (χ2v) is 10.7. The van der Waals surface area contributed by atoms with Crippen LogP contribution in [0, 0.1) is 0 Å². The van der Waals surface area contributed by atoms with E-state index in [1.807, 2.05) is 77.3 Å². The summed E-state index contributed by atoms with van der Waals surface area (Å²) in [5, 5.41) is 0. The van der Waals surface area contributed by atoms with Crippen LogP contribution in [0.1, 0.15) is 62.0 Å². The Kier molecular flexibility index (Phi) is 10.6. The number of benzene rings is 2. The molecule has 0 aliphatic rings. The number of hydrogen-bond acceptors (Lipinski definition) is 4. The number of ether oxygens (including phenoxy) is 2. The summed E-state index contributed by atoms with van der Waals surface area (Å²) in [6.45, 7) is 8.47. The molecule has 2 aromatic carbocycles. The topological polar surface area (TPSA) is 43.2 Å². The number of nitrogens with zero attached hydrogens (tertiary/aromatic N) is 2. The van der Waals surface area contributed by atoms with Gasteiger partial charge in [0.1, 0.15) is 11.4 Å². The molecule has 0 spiro atoms. The first-order valence-corrected chi connectivity index (χ1v) is 14.8. The summed E-state index contributed by atoms with van der Waals surface area (Å²) in [4.78, 5) is 16.6. The summed E-state index contributed by atoms with van der Waals surface area (Å²) < 4.78 is 14.6. The smallest absolute Gasteiger partial charge is 0.210 e. The molecule has 2 aromatic heterocycles. The fourth-order valence-electron chi connectivity index (χ4n) is 4.95. The van der Waals surface area contributed by atoms with Gasteiger partial charge in [0.25, 0.3) is 0 Å². The van der Waals surface area contributed by atoms with Crippen molar-refractivity contribution in [3.05, 3.63) is 88.7 Å². The van der Waals surface area contributed by atoms with Gasteiger partial charge < -0.3 is 18.8 Å². The van der Waals surface area contributed by atoms with Gasteiger partial charge in [0, 0.05) is 18.3 Å². The van der Waals surface area contributed by atoms with Gasteiger partial charge in [-0.05, 0) is 84.2 Å². The minimum atomic E-state index is -0.0758. The van der Waals surface area contributed by atoms with Crippen LogP contribution < -0.4 is 9.47 Å². The summed E-state index contributed by atoms with van der Waals surface area (Å²) in [6.07, 6.45) is 7.79. The van der Waals surface area contributed by atoms with Crippen molar-refractivity contribution in [3.63, 3.8) is 0 Å². The average molecular weight is 592 g/mol. The zero-order chi connectivity index (χ0) is 27.6. The minimum absolute atomic E-state index is 0.0758. The van der Waals surface area contributed by atoms with Crippen molar-refractivity contribution in [2.24, 2.45) is 0 Å². The summed E-state index contributed by atoms with van der Waals surface area (Å²) in [7, 11) is 1.65. The molecular weight excluding hydrogens is 552 g/mol. The standard InChI is InChI=1S/C33H39BrN2O3/c1-4-6-19-35(20-7-5-2)21-13-23-39-29-18-17-26(24-27(29)34)32(37)31-30(25-14-9-8-10-15-25)33(38-3)28-16-11-12-22-36(28)31/h8-12,14-18,22,24H,4-7,13,19-21,23H2,1-3H3. The number of rotatable bonds is 15. The Morgan fingerprint density at radius 2 is 1.59 bits per heavy atom. The number of ketones is 1. The number of hydrogen-bond donors (Lipinski definition) is 0. The quantitative estimate of drug-likeness (QED) is 0.103. The van der Waals surface area contributed by atoms with E-state index in [2.05, 4.69) is 34.7 Å². The van der Waals surface area contributed by atoms with Crippen LogP contribution in [0.25, 0.3) is 16.6 Å². The molecule has 4 rings (SSSR count). The maximum atomic E-state index is 14.0. The van der Waals surface area contributed by atoms with Gasteiger partial charge >= 0.3 is 0 Å². The van der Waals surface area contributed by atoms with E-state index in [1.165, 1.54) is 25.7 Å². The summed E-state index contributed by atoms with van der Waals surface area (Å²) in [5.74, 6) is 1.37. The number of carbonyl (C=O) groups is 1. The number of unbranched alkanes of at least 4 members (excludes halogenated alkanes) is 2. The fourth-order valence-corrected chi connectivity index (χ4v) is 5.44. The highest BCUT2D eigenvalue weighted by molar-refractivity contribution is 9.10. The molecule has 0 unspecified atom stereocenters. The Labute approximate surface area is 240 Å². The molecule has 206 valence electrons. The SMILES string of the molecule is CCCCN(CCCC)CCCOc1ccc(C(=O)c2c(-c3ccccc3)c(OC)c3ccccn23)cc1Br. The predicted molar refractivity (Wildman–Crippen MR) is 163 cm³/mol. The summed E-state index contributed by atoms with van der Waals surface area (Å²) >= 11 is 3.65. The van der Waals surface area contributed by atoms with Crippen LogP contribution in [-0.4, -0.2) is 48.4 Å². The molecule has 0 saturated heterocycles. The maximum Gasteiger partial charge on any atom is 0.210 e. The third-order valence-corrected chi connectivity index (χ3v) is 7.62. The lowest BCUT2D eigenvalue weighted by Crippen LogP contribution is -2.28. The second-order valence-electron chi connectivity index (χ2n) is 9.80. The first-order chi connectivity index (χ1) is 19.1. The average Bonchev–Trinajstić information content (AvgIpc) is 3.31. The van der Waals surface area contributed by atoms with Crippen LogP contribution in [0.5, 0.6) is 11.5 Å². The number of methoxy groups -OCH3 is 1. The maximum absolute atomic E-state index is 14.0. The van der Waals surface area contributed by atoms with Crippen molar-refractivity contribution in [2.75, 3.05) is 33.4 Å². The normalized spacial score (nSPS) is 11.3. The van der Waals surface area contributed by atoms with Crippen molar-refractivity contribution < 1.29 is 14.3 Å². The number of aromatic nitrogens is 1. The van der Waals surface area contributed by atoms with Crippen LogP contribution in [0.4, 0.5) is 0 Å². The molecule has 39 heavy (non-hydrogen) atoms. The molecule has 2 heterocycles. The molecule has 0 aliphatic carbocycles. The number of carbonyl (C=O) groups excluding carboxylic acids is 1. The molecular formula is C33H39BrN2O3. The zero-order valence-corrected chi connectivity index (χ0v) is 24.9. The van der Waals surface area contributed by atoms with E-state index in [-0.39, 0.29) is 5.78 Å². The molecule has 0 atom stereocenters. The highest BCUT2D eigenvalue weighted by Gasteiger charge is 2.26. The molecule has 6 heteroatoms. The molecule has 0 aliphatic heterocycles. The molecule has 0 bridgehead atoms. The first kappa shape index (κ1) is 28.9. The molecule has 0 N–H and O–H groups in total. The van der Waals surface area contributed by atoms with Crippen molar-refractivity contribution in [3.8, 4) is 22.6 Å². The van der Waals surface area contributed by atoms with Gasteiger partial charge in [0.15, 0.2) is 5.75 Å². The van der Waals surface area contributed by atoms with Crippen molar-refractivity contribution in [1.29, 1.82) is 0 Å². The van der Waals surface area contributed by atoms with Gasteiger partial charge in [0.05, 0.1) is 29.3 Å². The van der Waals surface area contributed by atoms with Gasteiger partial charge in [-0.3, -0.25) is 4.79 Å². The highest BCUT2D eigenvalue weighted by atomic mass is 79.9. The molecule has 0 radical (unpaired) electrons. The number of fused-ring (bicyclic) bond motifs is 1. The van der Waals surface area contributed by atoms with E-state index in [4.69, 9.17) is 9.47 Å². The van der Waals surface area contributed by atoms with E-state index in [9.17, 15) is 4.79 Å². The lowest BCUT2D eigenvalue weighted by molar-refractivity contribution is 0.103. The fraction of sp³-hybridized carbons (Fsp3) is 0.364. The molecule has 0 saturated carbocycles. The van der Waals surface area contributed by atoms with Crippen LogP contribution in [0.15, 0.2) is 77.4 Å². The lowest BCUT2D eigenvalue weighted by atomic mass is 9.99. The molecule has 0 amide bonds. The van der Waals surface area contributed by atoms with E-state index in [1.54, 1.807) is 7.11 Å². The van der Waals surface area contributed by atoms with Crippen molar-refractivity contribution in [2.45, 2.75) is 46.0 Å². The van der Waals surface area contributed by atoms with Crippen molar-refractivity contribution >= 4 is 27.2 Å². The highest BCUT2D eigenvalue weighted by Crippen LogP contribution is 2.40. The van der Waals surface area contributed by atoms with Crippen LogP contribution in [0.3, 0.4) is 0 Å². The molecule has 4 aromatic rings. The third-order valence-electron chi connectivity index (χ3n) is 7.01. The number of halogens is 1.